The number of hydrogen-bond donors (Lipinski definition) is 2. The van der Waals surface area contributed by atoms with Gasteiger partial charge in [0.25, 0.3) is 0 Å². The summed E-state index contributed by atoms with van der Waals surface area (Å²) in [6.07, 6.45) is 6.03. The van der Waals surface area contributed by atoms with Crippen LogP contribution in [0.5, 0.6) is 0 Å². The first-order chi connectivity index (χ1) is 15.4. The second-order valence-corrected chi connectivity index (χ2v) is 9.81. The first-order valence-electron chi connectivity index (χ1n) is 11.8. The van der Waals surface area contributed by atoms with Gasteiger partial charge in [-0.3, -0.25) is 0 Å². The zero-order valence-electron chi connectivity index (χ0n) is 19.2. The largest absolute Gasteiger partial charge is 0.488 e. The summed E-state index contributed by atoms with van der Waals surface area (Å²) in [6.45, 7) is 6.96. The molecule has 2 N–H and O–H groups in total. The average Bonchev–Trinajstić information content (AvgIpc) is 3.07. The molecule has 5 rings (SSSR count). The first-order valence-corrected chi connectivity index (χ1v) is 11.8. The van der Waals surface area contributed by atoms with Crippen molar-refractivity contribution >= 4 is 12.6 Å². The van der Waals surface area contributed by atoms with Gasteiger partial charge in [-0.15, -0.1) is 0 Å². The molecular weight excluding hydrogens is 391 g/mol. The molecule has 32 heavy (non-hydrogen) atoms. The van der Waals surface area contributed by atoms with Gasteiger partial charge in [-0.25, -0.2) is 0 Å². The van der Waals surface area contributed by atoms with Crippen LogP contribution < -0.4 is 5.46 Å². The van der Waals surface area contributed by atoms with Crippen molar-refractivity contribution in [3.63, 3.8) is 0 Å². The maximum atomic E-state index is 9.91. The van der Waals surface area contributed by atoms with E-state index in [2.05, 4.69) is 75.4 Å². The lowest BCUT2D eigenvalue weighted by Gasteiger charge is -2.37. The van der Waals surface area contributed by atoms with Gasteiger partial charge in [0.2, 0.25) is 0 Å². The first kappa shape index (κ1) is 21.2. The molecule has 0 aromatic heterocycles. The molecule has 0 saturated heterocycles. The van der Waals surface area contributed by atoms with Crippen molar-refractivity contribution in [3.8, 4) is 22.3 Å². The molecule has 3 aromatic carbocycles. The van der Waals surface area contributed by atoms with Crippen LogP contribution >= 0.6 is 0 Å². The van der Waals surface area contributed by atoms with Crippen LogP contribution in [0.3, 0.4) is 0 Å². The van der Waals surface area contributed by atoms with E-state index in [4.69, 9.17) is 0 Å². The molecule has 2 aliphatic carbocycles. The summed E-state index contributed by atoms with van der Waals surface area (Å²) in [5.74, 6) is 1.26. The summed E-state index contributed by atoms with van der Waals surface area (Å²) < 4.78 is 0. The van der Waals surface area contributed by atoms with Gasteiger partial charge in [-0.1, -0.05) is 92.6 Å². The quantitative estimate of drug-likeness (QED) is 0.418. The van der Waals surface area contributed by atoms with E-state index >= 15 is 0 Å². The fourth-order valence-electron chi connectivity index (χ4n) is 5.96. The van der Waals surface area contributed by atoms with Crippen LogP contribution in [0.2, 0.25) is 0 Å². The second kappa shape index (κ2) is 8.06. The molecule has 2 aliphatic rings. The van der Waals surface area contributed by atoms with E-state index in [1.165, 1.54) is 51.8 Å². The highest BCUT2D eigenvalue weighted by molar-refractivity contribution is 6.58. The van der Waals surface area contributed by atoms with E-state index in [0.29, 0.717) is 17.3 Å². The Morgan fingerprint density at radius 2 is 1.69 bits per heavy atom. The van der Waals surface area contributed by atoms with E-state index in [1.807, 2.05) is 18.2 Å². The van der Waals surface area contributed by atoms with Crippen molar-refractivity contribution < 1.29 is 10.0 Å². The minimum absolute atomic E-state index is 0.257. The van der Waals surface area contributed by atoms with Gasteiger partial charge in [0.05, 0.1) is 0 Å². The molecule has 0 fully saturated rings. The minimum atomic E-state index is -1.46. The maximum absolute atomic E-state index is 9.91. The Morgan fingerprint density at radius 1 is 0.906 bits per heavy atom. The van der Waals surface area contributed by atoms with Crippen molar-refractivity contribution in [2.75, 3.05) is 0 Å². The molecule has 162 valence electrons. The Balaban J connectivity index is 1.73. The number of allylic oxidation sites excluding steroid dienone is 2. The van der Waals surface area contributed by atoms with Crippen LogP contribution in [0.4, 0.5) is 0 Å². The Kier molecular flexibility index (Phi) is 5.35. The zero-order valence-corrected chi connectivity index (χ0v) is 19.2. The van der Waals surface area contributed by atoms with Crippen LogP contribution in [-0.2, 0) is 5.41 Å². The molecule has 0 saturated carbocycles. The summed E-state index contributed by atoms with van der Waals surface area (Å²) in [5.41, 5.74) is 9.18. The highest BCUT2D eigenvalue weighted by atomic mass is 16.4. The molecule has 3 unspecified atom stereocenters. The minimum Gasteiger partial charge on any atom is -0.423 e. The number of hydrogen-bond acceptors (Lipinski definition) is 2. The Hall–Kier alpha value is -2.62. The van der Waals surface area contributed by atoms with Gasteiger partial charge < -0.3 is 10.0 Å². The molecule has 3 atom stereocenters. The van der Waals surface area contributed by atoms with Gasteiger partial charge in [0, 0.05) is 5.41 Å². The van der Waals surface area contributed by atoms with Crippen molar-refractivity contribution in [1.82, 2.24) is 0 Å². The zero-order chi connectivity index (χ0) is 22.5. The highest BCUT2D eigenvalue weighted by Gasteiger charge is 2.44. The van der Waals surface area contributed by atoms with Crippen LogP contribution in [0.15, 0.2) is 78.4 Å². The van der Waals surface area contributed by atoms with Crippen molar-refractivity contribution in [1.29, 1.82) is 0 Å². The summed E-state index contributed by atoms with van der Waals surface area (Å²) in [4.78, 5) is 0. The lowest BCUT2D eigenvalue weighted by Crippen LogP contribution is -2.33. The SMILES string of the molecule is CCC1CC(C2(C)c3ccc(-c4ccccc4)cc3-c3ccc(B(O)O)cc32)=CC(C)C1. The van der Waals surface area contributed by atoms with Gasteiger partial charge >= 0.3 is 7.12 Å². The van der Waals surface area contributed by atoms with Crippen LogP contribution in [-0.4, -0.2) is 17.2 Å². The summed E-state index contributed by atoms with van der Waals surface area (Å²) in [7, 11) is -1.46. The molecule has 0 heterocycles. The predicted octanol–water partition coefficient (Wildman–Crippen LogP) is 5.70. The smallest absolute Gasteiger partial charge is 0.423 e. The maximum Gasteiger partial charge on any atom is 0.488 e. The highest BCUT2D eigenvalue weighted by Crippen LogP contribution is 2.55. The van der Waals surface area contributed by atoms with Gasteiger partial charge in [-0.05, 0) is 76.5 Å². The third-order valence-corrected chi connectivity index (χ3v) is 7.75. The lowest BCUT2D eigenvalue weighted by molar-refractivity contribution is 0.373. The average molecular weight is 422 g/mol. The summed E-state index contributed by atoms with van der Waals surface area (Å²) in [5, 5.41) is 19.8. The van der Waals surface area contributed by atoms with E-state index < -0.39 is 7.12 Å². The fraction of sp³-hybridized carbons (Fsp3) is 0.310. The molecule has 0 radical (unpaired) electrons. The summed E-state index contributed by atoms with van der Waals surface area (Å²) >= 11 is 0. The molecule has 0 aliphatic heterocycles. The third kappa shape index (κ3) is 3.35. The van der Waals surface area contributed by atoms with E-state index in [1.54, 1.807) is 0 Å². The summed E-state index contributed by atoms with van der Waals surface area (Å²) in [6, 6.07) is 23.3. The normalized spacial score (nSPS) is 24.0. The van der Waals surface area contributed by atoms with E-state index in [-0.39, 0.29) is 5.41 Å². The van der Waals surface area contributed by atoms with Gasteiger partial charge in [0.15, 0.2) is 0 Å². The molecular formula is C29H31BO2. The predicted molar refractivity (Wildman–Crippen MR) is 134 cm³/mol. The Labute approximate surface area is 191 Å². The Morgan fingerprint density at radius 3 is 2.41 bits per heavy atom. The topological polar surface area (TPSA) is 40.5 Å². The second-order valence-electron chi connectivity index (χ2n) is 9.81. The van der Waals surface area contributed by atoms with Gasteiger partial charge in [-0.2, -0.15) is 0 Å². The van der Waals surface area contributed by atoms with Crippen LogP contribution in [0.1, 0.15) is 51.2 Å². The van der Waals surface area contributed by atoms with Crippen LogP contribution in [0.25, 0.3) is 22.3 Å². The number of fused-ring (bicyclic) bond motifs is 3. The fourth-order valence-corrected chi connectivity index (χ4v) is 5.96. The molecule has 3 aromatic rings. The van der Waals surface area contributed by atoms with Crippen molar-refractivity contribution in [2.45, 2.75) is 45.4 Å². The van der Waals surface area contributed by atoms with E-state index in [9.17, 15) is 10.0 Å². The molecule has 2 nitrogen and oxygen atoms in total. The molecule has 0 amide bonds. The number of rotatable bonds is 4. The van der Waals surface area contributed by atoms with Crippen molar-refractivity contribution in [3.05, 3.63) is 89.5 Å². The van der Waals surface area contributed by atoms with E-state index in [0.717, 1.165) is 6.42 Å². The van der Waals surface area contributed by atoms with Crippen LogP contribution in [0, 0.1) is 11.8 Å². The monoisotopic (exact) mass is 422 g/mol. The van der Waals surface area contributed by atoms with Gasteiger partial charge in [0.1, 0.15) is 0 Å². The molecule has 0 bridgehead atoms. The standard InChI is InChI=1S/C29H31BO2/c1-4-20-14-19(2)15-23(16-20)29(3)27-13-10-22(21-8-6-5-7-9-21)17-26(27)25-12-11-24(30(31)32)18-28(25)29/h5-13,15,17-20,31-32H,4,14,16H2,1-3H3. The lowest BCUT2D eigenvalue weighted by atomic mass is 9.65. The molecule has 0 spiro atoms. The Bertz CT molecular complexity index is 1180. The third-order valence-electron chi connectivity index (χ3n) is 7.75. The number of benzene rings is 3. The van der Waals surface area contributed by atoms with Crippen molar-refractivity contribution in [2.24, 2.45) is 11.8 Å². The molecule has 3 heteroatoms.